The first-order chi connectivity index (χ1) is 17.4. The van der Waals surface area contributed by atoms with Gasteiger partial charge in [0.1, 0.15) is 12.4 Å². The van der Waals surface area contributed by atoms with E-state index in [1.54, 1.807) is 42.5 Å². The highest BCUT2D eigenvalue weighted by Gasteiger charge is 2.35. The monoisotopic (exact) mass is 508 g/mol. The van der Waals surface area contributed by atoms with Crippen LogP contribution in [-0.2, 0) is 17.9 Å². The highest BCUT2D eigenvalue weighted by molar-refractivity contribution is 8.18. The molecule has 0 spiro atoms. The molecule has 0 aromatic heterocycles. The number of nitrogens with zero attached hydrogens (tertiary/aromatic N) is 2. The molecule has 8 nitrogen and oxygen atoms in total. The molecule has 0 N–H and O–H groups in total. The van der Waals surface area contributed by atoms with Crippen LogP contribution in [-0.4, -0.2) is 27.6 Å². The van der Waals surface area contributed by atoms with Gasteiger partial charge in [-0.25, -0.2) is 4.39 Å². The highest BCUT2D eigenvalue weighted by Crippen LogP contribution is 2.35. The molecule has 0 aliphatic carbocycles. The van der Waals surface area contributed by atoms with Crippen LogP contribution in [0.2, 0.25) is 0 Å². The molecule has 0 bridgehead atoms. The van der Waals surface area contributed by atoms with Crippen molar-refractivity contribution >= 4 is 34.7 Å². The van der Waals surface area contributed by atoms with Crippen molar-refractivity contribution in [2.75, 3.05) is 6.61 Å². The summed E-state index contributed by atoms with van der Waals surface area (Å²) in [5, 5.41) is 10.4. The Balaban J connectivity index is 1.49. The fourth-order valence-electron chi connectivity index (χ4n) is 3.47. The van der Waals surface area contributed by atoms with Gasteiger partial charge in [-0.2, -0.15) is 0 Å². The fourth-order valence-corrected chi connectivity index (χ4v) is 4.30. The molecule has 2 amide bonds. The lowest BCUT2D eigenvalue weighted by atomic mass is 10.1. The van der Waals surface area contributed by atoms with Crippen molar-refractivity contribution in [3.8, 4) is 11.5 Å². The number of rotatable bonds is 9. The normalized spacial score (nSPS) is 14.4. The van der Waals surface area contributed by atoms with Gasteiger partial charge in [-0.15, -0.1) is 0 Å². The second-order valence-corrected chi connectivity index (χ2v) is 8.70. The molecular formula is C26H21FN2O6S. The van der Waals surface area contributed by atoms with E-state index in [2.05, 4.69) is 0 Å². The van der Waals surface area contributed by atoms with Crippen LogP contribution in [0, 0.1) is 15.9 Å². The summed E-state index contributed by atoms with van der Waals surface area (Å²) in [5.41, 5.74) is 1.56. The molecule has 0 saturated carbocycles. The SMILES string of the molecule is CCOc1cc(/C=C2\SC(=O)N(Cc3ccc([N+](=O)[O-])cc3)C2=O)ccc1OCc1ccccc1F. The molecule has 1 heterocycles. The van der Waals surface area contributed by atoms with Crippen LogP contribution in [0.25, 0.3) is 6.08 Å². The maximum atomic E-state index is 13.9. The number of amides is 2. The summed E-state index contributed by atoms with van der Waals surface area (Å²) in [6.07, 6.45) is 1.59. The van der Waals surface area contributed by atoms with Crippen LogP contribution >= 0.6 is 11.8 Å². The van der Waals surface area contributed by atoms with Gasteiger partial charge >= 0.3 is 0 Å². The molecule has 10 heteroatoms. The zero-order valence-electron chi connectivity index (χ0n) is 19.2. The third kappa shape index (κ3) is 5.72. The number of nitro benzene ring substituents is 1. The number of ether oxygens (including phenoxy) is 2. The van der Waals surface area contributed by atoms with Gasteiger partial charge in [-0.05, 0) is 54.1 Å². The topological polar surface area (TPSA) is 99.0 Å². The van der Waals surface area contributed by atoms with E-state index in [1.807, 2.05) is 6.92 Å². The third-order valence-electron chi connectivity index (χ3n) is 5.27. The van der Waals surface area contributed by atoms with Gasteiger partial charge in [0, 0.05) is 17.7 Å². The Bertz CT molecular complexity index is 1340. The number of benzene rings is 3. The van der Waals surface area contributed by atoms with E-state index in [1.165, 1.54) is 30.3 Å². The van der Waals surface area contributed by atoms with Crippen molar-refractivity contribution in [1.29, 1.82) is 0 Å². The quantitative estimate of drug-likeness (QED) is 0.200. The highest BCUT2D eigenvalue weighted by atomic mass is 32.2. The fraction of sp³-hybridized carbons (Fsp3) is 0.154. The van der Waals surface area contributed by atoms with Gasteiger partial charge in [0.05, 0.1) is 23.0 Å². The van der Waals surface area contributed by atoms with Crippen molar-refractivity contribution in [3.63, 3.8) is 0 Å². The van der Waals surface area contributed by atoms with Crippen molar-refractivity contribution in [3.05, 3.63) is 104 Å². The van der Waals surface area contributed by atoms with Crippen LogP contribution in [0.4, 0.5) is 14.9 Å². The molecule has 0 unspecified atom stereocenters. The number of thioether (sulfide) groups is 1. The summed E-state index contributed by atoms with van der Waals surface area (Å²) in [4.78, 5) is 37.0. The molecule has 3 aromatic carbocycles. The van der Waals surface area contributed by atoms with Crippen LogP contribution < -0.4 is 9.47 Å². The Labute approximate surface area is 210 Å². The first-order valence-corrected chi connectivity index (χ1v) is 11.8. The lowest BCUT2D eigenvalue weighted by Crippen LogP contribution is -2.27. The van der Waals surface area contributed by atoms with Gasteiger partial charge in [0.15, 0.2) is 11.5 Å². The number of hydrogen-bond donors (Lipinski definition) is 0. The van der Waals surface area contributed by atoms with E-state index >= 15 is 0 Å². The van der Waals surface area contributed by atoms with E-state index in [9.17, 15) is 24.1 Å². The maximum absolute atomic E-state index is 13.9. The summed E-state index contributed by atoms with van der Waals surface area (Å²) in [6, 6.07) is 17.1. The number of nitro groups is 1. The number of imide groups is 1. The lowest BCUT2D eigenvalue weighted by molar-refractivity contribution is -0.384. The molecule has 1 fully saturated rings. The Morgan fingerprint density at radius 1 is 1.03 bits per heavy atom. The summed E-state index contributed by atoms with van der Waals surface area (Å²) < 4.78 is 25.3. The minimum Gasteiger partial charge on any atom is -0.490 e. The molecule has 1 aliphatic rings. The largest absolute Gasteiger partial charge is 0.490 e. The number of hydrogen-bond acceptors (Lipinski definition) is 7. The van der Waals surface area contributed by atoms with E-state index < -0.39 is 16.1 Å². The predicted octanol–water partition coefficient (Wildman–Crippen LogP) is 5.95. The number of carbonyl (C=O) groups excluding carboxylic acids is 2. The van der Waals surface area contributed by atoms with Crippen LogP contribution in [0.5, 0.6) is 11.5 Å². The molecule has 1 aliphatic heterocycles. The third-order valence-corrected chi connectivity index (χ3v) is 6.18. The van der Waals surface area contributed by atoms with Gasteiger partial charge in [-0.1, -0.05) is 36.4 Å². The Morgan fingerprint density at radius 2 is 1.78 bits per heavy atom. The van der Waals surface area contributed by atoms with Crippen molar-refractivity contribution in [2.45, 2.75) is 20.1 Å². The Kier molecular flexibility index (Phi) is 7.65. The molecular weight excluding hydrogens is 487 g/mol. The summed E-state index contributed by atoms with van der Waals surface area (Å²) in [6.45, 7) is 2.21. The minimum atomic E-state index is -0.514. The standard InChI is InChI=1S/C26H21FN2O6S/c1-2-34-23-13-18(9-12-22(23)35-16-19-5-3-4-6-21(19)27)14-24-25(30)28(26(31)36-24)15-17-7-10-20(11-8-17)29(32)33/h3-14H,2,15-16H2,1H3/b24-14-. The lowest BCUT2D eigenvalue weighted by Gasteiger charge is -2.13. The second-order valence-electron chi connectivity index (χ2n) is 7.71. The minimum absolute atomic E-state index is 0.00696. The number of halogens is 1. The van der Waals surface area contributed by atoms with E-state index in [0.29, 0.717) is 34.8 Å². The molecule has 4 rings (SSSR count). The molecule has 0 radical (unpaired) electrons. The van der Waals surface area contributed by atoms with Gasteiger partial charge in [-0.3, -0.25) is 24.6 Å². The zero-order valence-corrected chi connectivity index (χ0v) is 20.0. The number of carbonyl (C=O) groups is 2. The van der Waals surface area contributed by atoms with Gasteiger partial charge < -0.3 is 9.47 Å². The van der Waals surface area contributed by atoms with Crippen molar-refractivity contribution in [1.82, 2.24) is 4.90 Å². The summed E-state index contributed by atoms with van der Waals surface area (Å²) in [7, 11) is 0. The van der Waals surface area contributed by atoms with Crippen LogP contribution in [0.15, 0.2) is 71.6 Å². The number of non-ortho nitro benzene ring substituents is 1. The molecule has 1 saturated heterocycles. The zero-order chi connectivity index (χ0) is 25.7. The molecule has 184 valence electrons. The predicted molar refractivity (Wildman–Crippen MR) is 133 cm³/mol. The van der Waals surface area contributed by atoms with E-state index in [4.69, 9.17) is 9.47 Å². The molecule has 3 aromatic rings. The van der Waals surface area contributed by atoms with Gasteiger partial charge in [0.25, 0.3) is 16.8 Å². The average Bonchev–Trinajstić information content (AvgIpc) is 3.12. The van der Waals surface area contributed by atoms with Crippen LogP contribution in [0.1, 0.15) is 23.6 Å². The van der Waals surface area contributed by atoms with Crippen molar-refractivity contribution < 1.29 is 28.4 Å². The first kappa shape index (κ1) is 24.9. The van der Waals surface area contributed by atoms with Crippen molar-refractivity contribution in [2.24, 2.45) is 0 Å². The van der Waals surface area contributed by atoms with Crippen LogP contribution in [0.3, 0.4) is 0 Å². The Hall–Kier alpha value is -4.18. The maximum Gasteiger partial charge on any atom is 0.293 e. The smallest absolute Gasteiger partial charge is 0.293 e. The molecule has 0 atom stereocenters. The average molecular weight is 509 g/mol. The van der Waals surface area contributed by atoms with E-state index in [-0.39, 0.29) is 29.6 Å². The second kappa shape index (κ2) is 11.0. The molecule has 36 heavy (non-hydrogen) atoms. The summed E-state index contributed by atoms with van der Waals surface area (Å²) in [5.74, 6) is 0.0222. The summed E-state index contributed by atoms with van der Waals surface area (Å²) >= 11 is 0.813. The first-order valence-electron chi connectivity index (χ1n) is 11.0. The Morgan fingerprint density at radius 3 is 2.47 bits per heavy atom. The van der Waals surface area contributed by atoms with E-state index in [0.717, 1.165) is 16.7 Å². The van der Waals surface area contributed by atoms with Gasteiger partial charge in [0.2, 0.25) is 0 Å².